The molecule has 2 aromatic rings. The van der Waals surface area contributed by atoms with Gasteiger partial charge in [-0.2, -0.15) is 0 Å². The number of pyridine rings is 1. The Morgan fingerprint density at radius 3 is 2.96 bits per heavy atom. The second-order valence-corrected chi connectivity index (χ2v) is 6.27. The van der Waals surface area contributed by atoms with E-state index < -0.39 is 0 Å². The number of aromatic nitrogens is 1. The molecule has 2 unspecified atom stereocenters. The molecule has 1 aromatic carbocycles. The Morgan fingerprint density at radius 2 is 2.21 bits per heavy atom. The fraction of sp³-hybridized carbons (Fsp3) is 0.333. The topological polar surface area (TPSA) is 54.5 Å². The van der Waals surface area contributed by atoms with Crippen molar-refractivity contribution in [2.75, 3.05) is 13.2 Å². The summed E-state index contributed by atoms with van der Waals surface area (Å²) in [6.45, 7) is 3.39. The fourth-order valence-corrected chi connectivity index (χ4v) is 3.00. The predicted octanol–water partition coefficient (Wildman–Crippen LogP) is 3.41. The third-order valence-corrected chi connectivity index (χ3v) is 4.46. The number of nitrogens with zero attached hydrogens (tertiary/aromatic N) is 2. The van der Waals surface area contributed by atoms with Crippen LogP contribution in [0, 0.1) is 0 Å². The van der Waals surface area contributed by atoms with E-state index in [9.17, 15) is 4.79 Å². The zero-order valence-corrected chi connectivity index (χ0v) is 14.2. The Balaban J connectivity index is 1.65. The highest BCUT2D eigenvalue weighted by Gasteiger charge is 2.31. The average Bonchev–Trinajstić information content (AvgIpc) is 2.61. The van der Waals surface area contributed by atoms with Gasteiger partial charge in [0.05, 0.1) is 19.2 Å². The molecule has 0 aliphatic carbocycles. The van der Waals surface area contributed by atoms with Crippen LogP contribution in [-0.2, 0) is 11.3 Å². The number of nitrogens with one attached hydrogen (secondary N) is 1. The molecule has 1 fully saturated rings. The van der Waals surface area contributed by atoms with Gasteiger partial charge in [0.15, 0.2) is 0 Å². The van der Waals surface area contributed by atoms with Crippen molar-refractivity contribution in [1.82, 2.24) is 15.2 Å². The Bertz CT molecular complexity index is 696. The molecule has 1 aliphatic rings. The van der Waals surface area contributed by atoms with Crippen molar-refractivity contribution in [2.24, 2.45) is 0 Å². The lowest BCUT2D eigenvalue weighted by Crippen LogP contribution is -2.51. The van der Waals surface area contributed by atoms with E-state index in [1.807, 2.05) is 43.3 Å². The number of halogens is 1. The Hall–Kier alpha value is -2.11. The van der Waals surface area contributed by atoms with Crippen LogP contribution in [0.25, 0.3) is 0 Å². The zero-order valence-electron chi connectivity index (χ0n) is 13.5. The van der Waals surface area contributed by atoms with E-state index in [1.165, 1.54) is 0 Å². The number of morpholine rings is 1. The first-order valence-electron chi connectivity index (χ1n) is 7.94. The van der Waals surface area contributed by atoms with Crippen molar-refractivity contribution in [3.8, 4) is 0 Å². The van der Waals surface area contributed by atoms with E-state index in [1.54, 1.807) is 17.3 Å². The van der Waals surface area contributed by atoms with Gasteiger partial charge in [-0.1, -0.05) is 35.9 Å². The van der Waals surface area contributed by atoms with E-state index in [0.29, 0.717) is 24.7 Å². The minimum atomic E-state index is -0.209. The Labute approximate surface area is 146 Å². The minimum absolute atomic E-state index is 0.0117. The molecule has 1 aliphatic heterocycles. The molecule has 1 N–H and O–H groups in total. The van der Waals surface area contributed by atoms with Gasteiger partial charge < -0.3 is 15.0 Å². The first-order valence-corrected chi connectivity index (χ1v) is 8.32. The molecule has 0 bridgehead atoms. The van der Waals surface area contributed by atoms with Crippen LogP contribution in [0.4, 0.5) is 4.79 Å². The lowest BCUT2D eigenvalue weighted by atomic mass is 10.1. The molecular formula is C18H20ClN3O2. The summed E-state index contributed by atoms with van der Waals surface area (Å²) in [5.74, 6) is 0. The molecule has 0 radical (unpaired) electrons. The second kappa shape index (κ2) is 7.64. The minimum Gasteiger partial charge on any atom is -0.369 e. The molecule has 2 heterocycles. The molecule has 2 atom stereocenters. The summed E-state index contributed by atoms with van der Waals surface area (Å²) < 4.78 is 5.88. The van der Waals surface area contributed by atoms with Crippen molar-refractivity contribution >= 4 is 17.6 Å². The first-order chi connectivity index (χ1) is 11.6. The molecule has 0 saturated carbocycles. The van der Waals surface area contributed by atoms with Gasteiger partial charge in [0, 0.05) is 29.5 Å². The number of carbonyl (C=O) groups excluding carboxylic acids is 1. The van der Waals surface area contributed by atoms with Gasteiger partial charge in [-0.25, -0.2) is 4.79 Å². The molecule has 1 aromatic heterocycles. The summed E-state index contributed by atoms with van der Waals surface area (Å²) >= 11 is 6.26. The standard InChI is InChI=1S/C18H20ClN3O2/c1-13-12-24-17(15-6-2-3-7-16(15)19)11-22(13)18(23)21-10-14-5-4-8-20-9-14/h2-9,13,17H,10-12H2,1H3,(H,21,23). The van der Waals surface area contributed by atoms with Gasteiger partial charge in [0.1, 0.15) is 6.10 Å². The number of hydrogen-bond donors (Lipinski definition) is 1. The van der Waals surface area contributed by atoms with E-state index >= 15 is 0 Å². The summed E-state index contributed by atoms with van der Waals surface area (Å²) in [5, 5.41) is 3.60. The maximum atomic E-state index is 12.5. The van der Waals surface area contributed by atoms with Crippen LogP contribution in [0.3, 0.4) is 0 Å². The molecule has 6 heteroatoms. The van der Waals surface area contributed by atoms with Gasteiger partial charge >= 0.3 is 6.03 Å². The van der Waals surface area contributed by atoms with Gasteiger partial charge in [-0.05, 0) is 24.6 Å². The van der Waals surface area contributed by atoms with Crippen molar-refractivity contribution in [3.63, 3.8) is 0 Å². The predicted molar refractivity (Wildman–Crippen MR) is 92.8 cm³/mol. The van der Waals surface area contributed by atoms with E-state index in [4.69, 9.17) is 16.3 Å². The summed E-state index contributed by atoms with van der Waals surface area (Å²) in [6, 6.07) is 11.3. The molecule has 2 amide bonds. The smallest absolute Gasteiger partial charge is 0.318 e. The highest BCUT2D eigenvalue weighted by Crippen LogP contribution is 2.29. The summed E-state index contributed by atoms with van der Waals surface area (Å²) in [6.07, 6.45) is 3.25. The summed E-state index contributed by atoms with van der Waals surface area (Å²) in [7, 11) is 0. The molecular weight excluding hydrogens is 326 g/mol. The van der Waals surface area contributed by atoms with Crippen molar-refractivity contribution < 1.29 is 9.53 Å². The van der Waals surface area contributed by atoms with Gasteiger partial charge in [0.25, 0.3) is 0 Å². The number of amides is 2. The monoisotopic (exact) mass is 345 g/mol. The maximum absolute atomic E-state index is 12.5. The highest BCUT2D eigenvalue weighted by molar-refractivity contribution is 6.31. The second-order valence-electron chi connectivity index (χ2n) is 5.86. The van der Waals surface area contributed by atoms with Crippen LogP contribution < -0.4 is 5.32 Å². The van der Waals surface area contributed by atoms with Crippen LogP contribution in [0.5, 0.6) is 0 Å². The van der Waals surface area contributed by atoms with E-state index in [2.05, 4.69) is 10.3 Å². The van der Waals surface area contributed by atoms with Gasteiger partial charge in [-0.15, -0.1) is 0 Å². The number of rotatable bonds is 3. The van der Waals surface area contributed by atoms with Crippen LogP contribution in [0.2, 0.25) is 5.02 Å². The number of carbonyl (C=O) groups is 1. The fourth-order valence-electron chi connectivity index (χ4n) is 2.75. The number of urea groups is 1. The third-order valence-electron chi connectivity index (χ3n) is 4.11. The van der Waals surface area contributed by atoms with Crippen molar-refractivity contribution in [3.05, 3.63) is 64.9 Å². The SMILES string of the molecule is CC1COC(c2ccccc2Cl)CN1C(=O)NCc1cccnc1. The zero-order chi connectivity index (χ0) is 16.9. The molecule has 126 valence electrons. The molecule has 1 saturated heterocycles. The van der Waals surface area contributed by atoms with Gasteiger partial charge in [0.2, 0.25) is 0 Å². The number of hydrogen-bond acceptors (Lipinski definition) is 3. The van der Waals surface area contributed by atoms with E-state index in [0.717, 1.165) is 11.1 Å². The normalized spacial score (nSPS) is 20.7. The van der Waals surface area contributed by atoms with Crippen LogP contribution >= 0.6 is 11.6 Å². The molecule has 24 heavy (non-hydrogen) atoms. The largest absolute Gasteiger partial charge is 0.369 e. The van der Waals surface area contributed by atoms with Crippen LogP contribution in [-0.4, -0.2) is 35.1 Å². The highest BCUT2D eigenvalue weighted by atomic mass is 35.5. The van der Waals surface area contributed by atoms with Crippen molar-refractivity contribution in [2.45, 2.75) is 25.6 Å². The number of ether oxygens (including phenoxy) is 1. The average molecular weight is 346 g/mol. The molecule has 0 spiro atoms. The van der Waals surface area contributed by atoms with Gasteiger partial charge in [-0.3, -0.25) is 4.98 Å². The lowest BCUT2D eigenvalue weighted by Gasteiger charge is -2.38. The summed E-state index contributed by atoms with van der Waals surface area (Å²) in [5.41, 5.74) is 1.88. The molecule has 3 rings (SSSR count). The quantitative estimate of drug-likeness (QED) is 0.927. The lowest BCUT2D eigenvalue weighted by molar-refractivity contribution is -0.0427. The van der Waals surface area contributed by atoms with Crippen LogP contribution in [0.15, 0.2) is 48.8 Å². The third kappa shape index (κ3) is 3.86. The van der Waals surface area contributed by atoms with Crippen LogP contribution in [0.1, 0.15) is 24.2 Å². The Kier molecular flexibility index (Phi) is 5.33. The summed E-state index contributed by atoms with van der Waals surface area (Å²) in [4.78, 5) is 18.4. The number of benzene rings is 1. The Morgan fingerprint density at radius 1 is 1.38 bits per heavy atom. The van der Waals surface area contributed by atoms with E-state index in [-0.39, 0.29) is 18.2 Å². The first kappa shape index (κ1) is 16.7. The maximum Gasteiger partial charge on any atom is 0.318 e. The molecule has 5 nitrogen and oxygen atoms in total. The van der Waals surface area contributed by atoms with Crippen molar-refractivity contribution in [1.29, 1.82) is 0 Å².